The molecule has 2 unspecified atom stereocenters. The molecule has 3 rings (SSSR count). The first-order valence-electron chi connectivity index (χ1n) is 6.50. The van der Waals surface area contributed by atoms with Gasteiger partial charge >= 0.3 is 0 Å². The number of epoxide rings is 1. The summed E-state index contributed by atoms with van der Waals surface area (Å²) in [5, 5.41) is 0. The van der Waals surface area contributed by atoms with Gasteiger partial charge in [-0.05, 0) is 12.5 Å². The van der Waals surface area contributed by atoms with Crippen molar-refractivity contribution >= 4 is 11.6 Å². The first-order chi connectivity index (χ1) is 9.66. The van der Waals surface area contributed by atoms with Gasteiger partial charge in [0.1, 0.15) is 0 Å². The summed E-state index contributed by atoms with van der Waals surface area (Å²) in [5.74, 6) is -0.289. The number of hydrogen-bond donors (Lipinski definition) is 0. The van der Waals surface area contributed by atoms with Gasteiger partial charge in [-0.3, -0.25) is 9.59 Å². The summed E-state index contributed by atoms with van der Waals surface area (Å²) in [6.45, 7) is 1.45. The van der Waals surface area contributed by atoms with Gasteiger partial charge in [0.05, 0.1) is 0 Å². The molecule has 0 N–H and O–H groups in total. The molecule has 1 aliphatic heterocycles. The van der Waals surface area contributed by atoms with Crippen LogP contribution in [0.4, 0.5) is 0 Å². The number of rotatable bonds is 4. The van der Waals surface area contributed by atoms with E-state index in [4.69, 9.17) is 4.74 Å². The highest BCUT2D eigenvalue weighted by atomic mass is 16.6. The Morgan fingerprint density at radius 1 is 0.950 bits per heavy atom. The van der Waals surface area contributed by atoms with E-state index >= 15 is 0 Å². The molecule has 20 heavy (non-hydrogen) atoms. The third-order valence-electron chi connectivity index (χ3n) is 3.56. The third kappa shape index (κ3) is 1.87. The normalized spacial score (nSPS) is 24.1. The van der Waals surface area contributed by atoms with E-state index in [1.807, 2.05) is 36.4 Å². The Bertz CT molecular complexity index is 648. The molecule has 2 aromatic carbocycles. The quantitative estimate of drug-likeness (QED) is 0.631. The van der Waals surface area contributed by atoms with E-state index in [0.29, 0.717) is 5.56 Å². The van der Waals surface area contributed by atoms with E-state index in [-0.39, 0.29) is 11.6 Å². The van der Waals surface area contributed by atoms with Crippen molar-refractivity contribution < 1.29 is 14.3 Å². The lowest BCUT2D eigenvalue weighted by molar-refractivity contribution is -0.118. The summed E-state index contributed by atoms with van der Waals surface area (Å²) in [4.78, 5) is 24.4. The van der Waals surface area contributed by atoms with Crippen molar-refractivity contribution in [3.05, 3.63) is 71.8 Å². The molecule has 100 valence electrons. The topological polar surface area (TPSA) is 46.7 Å². The van der Waals surface area contributed by atoms with Crippen LogP contribution in [0.25, 0.3) is 0 Å². The van der Waals surface area contributed by atoms with E-state index in [1.165, 1.54) is 6.92 Å². The molecule has 0 saturated carbocycles. The molecule has 1 heterocycles. The minimum absolute atomic E-state index is 0.127. The predicted octanol–water partition coefficient (Wildman–Crippen LogP) is 2.75. The minimum atomic E-state index is -1.14. The summed E-state index contributed by atoms with van der Waals surface area (Å²) >= 11 is 0. The van der Waals surface area contributed by atoms with Crippen LogP contribution in [-0.4, -0.2) is 17.7 Å². The second-order valence-electron chi connectivity index (χ2n) is 4.91. The van der Waals surface area contributed by atoms with Gasteiger partial charge in [0.15, 0.2) is 17.5 Å². The van der Waals surface area contributed by atoms with Gasteiger partial charge in [0, 0.05) is 5.56 Å². The SMILES string of the molecule is CC(=O)C1OC1(C(=O)c1ccccc1)c1ccccc1. The number of ketones is 2. The molecule has 3 heteroatoms. The molecule has 3 nitrogen and oxygen atoms in total. The molecule has 0 amide bonds. The van der Waals surface area contributed by atoms with Crippen LogP contribution < -0.4 is 0 Å². The Hall–Kier alpha value is -2.26. The Morgan fingerprint density at radius 2 is 1.50 bits per heavy atom. The highest BCUT2D eigenvalue weighted by Crippen LogP contribution is 2.49. The van der Waals surface area contributed by atoms with Crippen LogP contribution >= 0.6 is 0 Å². The van der Waals surface area contributed by atoms with E-state index in [0.717, 1.165) is 5.56 Å². The fraction of sp³-hybridized carbons (Fsp3) is 0.176. The fourth-order valence-corrected chi connectivity index (χ4v) is 2.53. The molecule has 0 aromatic heterocycles. The van der Waals surface area contributed by atoms with Crippen LogP contribution in [0.3, 0.4) is 0 Å². The maximum atomic E-state index is 12.8. The first-order valence-corrected chi connectivity index (χ1v) is 6.50. The molecule has 0 spiro atoms. The Balaban J connectivity index is 2.06. The van der Waals surface area contributed by atoms with Gasteiger partial charge in [-0.2, -0.15) is 0 Å². The summed E-state index contributed by atoms with van der Waals surface area (Å²) in [5.41, 5.74) is 0.142. The largest absolute Gasteiger partial charge is 0.344 e. The van der Waals surface area contributed by atoms with Gasteiger partial charge in [0.25, 0.3) is 0 Å². The second-order valence-corrected chi connectivity index (χ2v) is 4.91. The van der Waals surface area contributed by atoms with Crippen molar-refractivity contribution in [3.63, 3.8) is 0 Å². The van der Waals surface area contributed by atoms with Crippen LogP contribution in [-0.2, 0) is 15.1 Å². The van der Waals surface area contributed by atoms with Crippen LogP contribution in [0.15, 0.2) is 60.7 Å². The van der Waals surface area contributed by atoms with E-state index in [1.54, 1.807) is 24.3 Å². The molecule has 0 aliphatic carbocycles. The summed E-state index contributed by atoms with van der Waals surface area (Å²) in [6.07, 6.45) is -0.683. The van der Waals surface area contributed by atoms with Crippen LogP contribution in [0.5, 0.6) is 0 Å². The lowest BCUT2D eigenvalue weighted by Gasteiger charge is -2.12. The van der Waals surface area contributed by atoms with Crippen LogP contribution in [0.2, 0.25) is 0 Å². The monoisotopic (exact) mass is 266 g/mol. The molecule has 1 fully saturated rings. The number of benzene rings is 2. The van der Waals surface area contributed by atoms with Gasteiger partial charge in [-0.1, -0.05) is 60.7 Å². The number of carbonyl (C=O) groups excluding carboxylic acids is 2. The zero-order valence-electron chi connectivity index (χ0n) is 11.1. The zero-order valence-corrected chi connectivity index (χ0v) is 11.1. The maximum Gasteiger partial charge on any atom is 0.202 e. The molecule has 1 saturated heterocycles. The van der Waals surface area contributed by atoms with E-state index in [9.17, 15) is 9.59 Å². The average molecular weight is 266 g/mol. The maximum absolute atomic E-state index is 12.8. The Labute approximate surface area is 117 Å². The van der Waals surface area contributed by atoms with Gasteiger partial charge < -0.3 is 4.74 Å². The fourth-order valence-electron chi connectivity index (χ4n) is 2.53. The van der Waals surface area contributed by atoms with Crippen molar-refractivity contribution in [2.24, 2.45) is 0 Å². The first kappa shape index (κ1) is 12.8. The third-order valence-corrected chi connectivity index (χ3v) is 3.56. The van der Waals surface area contributed by atoms with Crippen LogP contribution in [0.1, 0.15) is 22.8 Å². The number of Topliss-reactive ketones (excluding diaryl/α,β-unsaturated/α-hetero) is 2. The van der Waals surface area contributed by atoms with Gasteiger partial charge in [-0.25, -0.2) is 0 Å². The standard InChI is InChI=1S/C17H14O3/c1-12(18)16-17(20-16,14-10-6-3-7-11-14)15(19)13-8-4-2-5-9-13/h2-11,16H,1H3. The average Bonchev–Trinajstić information content (AvgIpc) is 3.25. The van der Waals surface area contributed by atoms with Crippen molar-refractivity contribution in [3.8, 4) is 0 Å². The van der Waals surface area contributed by atoms with Crippen molar-refractivity contribution in [1.29, 1.82) is 0 Å². The minimum Gasteiger partial charge on any atom is -0.344 e. The van der Waals surface area contributed by atoms with Gasteiger partial charge in [-0.15, -0.1) is 0 Å². The van der Waals surface area contributed by atoms with Crippen molar-refractivity contribution in [2.75, 3.05) is 0 Å². The zero-order chi connectivity index (χ0) is 14.2. The molecule has 0 bridgehead atoms. The molecular formula is C17H14O3. The molecule has 1 aliphatic rings. The van der Waals surface area contributed by atoms with Crippen molar-refractivity contribution in [2.45, 2.75) is 18.6 Å². The molecule has 0 radical (unpaired) electrons. The van der Waals surface area contributed by atoms with E-state index < -0.39 is 11.7 Å². The highest BCUT2D eigenvalue weighted by molar-refractivity contribution is 6.09. The molecular weight excluding hydrogens is 252 g/mol. The van der Waals surface area contributed by atoms with Crippen molar-refractivity contribution in [1.82, 2.24) is 0 Å². The second kappa shape index (κ2) is 4.69. The lowest BCUT2D eigenvalue weighted by Crippen LogP contribution is -2.27. The highest BCUT2D eigenvalue weighted by Gasteiger charge is 2.65. The smallest absolute Gasteiger partial charge is 0.202 e. The predicted molar refractivity (Wildman–Crippen MR) is 74.4 cm³/mol. The molecule has 2 aromatic rings. The lowest BCUT2D eigenvalue weighted by atomic mass is 9.86. The van der Waals surface area contributed by atoms with Crippen LogP contribution in [0, 0.1) is 0 Å². The molecule has 2 atom stereocenters. The van der Waals surface area contributed by atoms with E-state index in [2.05, 4.69) is 0 Å². The summed E-state index contributed by atoms with van der Waals surface area (Å²) in [7, 11) is 0. The number of carbonyl (C=O) groups is 2. The number of ether oxygens (including phenoxy) is 1. The number of hydrogen-bond acceptors (Lipinski definition) is 3. The Morgan fingerprint density at radius 3 is 2.00 bits per heavy atom. The summed E-state index contributed by atoms with van der Waals surface area (Å²) < 4.78 is 5.57. The summed E-state index contributed by atoms with van der Waals surface area (Å²) in [6, 6.07) is 18.1. The Kier molecular flexibility index (Phi) is 2.99. The van der Waals surface area contributed by atoms with Gasteiger partial charge in [0.2, 0.25) is 5.78 Å².